The summed E-state index contributed by atoms with van der Waals surface area (Å²) >= 11 is 1.56. The molecular formula is C24H29N3O2S. The molecule has 0 spiro atoms. The van der Waals surface area contributed by atoms with E-state index in [1.165, 1.54) is 5.56 Å². The van der Waals surface area contributed by atoms with E-state index in [1.807, 2.05) is 35.2 Å². The van der Waals surface area contributed by atoms with E-state index >= 15 is 0 Å². The molecule has 0 saturated carbocycles. The first-order valence-corrected chi connectivity index (χ1v) is 11.6. The van der Waals surface area contributed by atoms with E-state index in [-0.39, 0.29) is 0 Å². The summed E-state index contributed by atoms with van der Waals surface area (Å²) in [6.07, 6.45) is 5.37. The maximum Gasteiger partial charge on any atom is 0.279 e. The largest absolute Gasteiger partial charge is 0.431 e. The number of unbranched alkanes of at least 4 members (excludes halogenated alkanes) is 1. The molecule has 0 unspecified atom stereocenters. The van der Waals surface area contributed by atoms with Gasteiger partial charge >= 0.3 is 0 Å². The molecule has 3 aromatic rings. The highest BCUT2D eigenvalue weighted by molar-refractivity contribution is 7.20. The Labute approximate surface area is 182 Å². The number of aromatic nitrogens is 1. The van der Waals surface area contributed by atoms with Crippen LogP contribution >= 0.6 is 11.3 Å². The van der Waals surface area contributed by atoms with Crippen LogP contribution < -0.4 is 4.74 Å². The van der Waals surface area contributed by atoms with Gasteiger partial charge in [-0.15, -0.1) is 0 Å². The molecule has 1 aliphatic rings. The van der Waals surface area contributed by atoms with E-state index in [1.54, 1.807) is 11.3 Å². The SMILES string of the molecule is CCCCN(C=O)C1CCN(Cc2ccc(Oc3nc4ccccc4s3)cc2)CC1. The third-order valence-electron chi connectivity index (χ3n) is 5.74. The fourth-order valence-corrected chi connectivity index (χ4v) is 4.82. The minimum atomic E-state index is 0.398. The monoisotopic (exact) mass is 423 g/mol. The van der Waals surface area contributed by atoms with E-state index in [4.69, 9.17) is 4.74 Å². The molecule has 0 bridgehead atoms. The lowest BCUT2D eigenvalue weighted by Gasteiger charge is -2.36. The molecule has 6 heteroatoms. The summed E-state index contributed by atoms with van der Waals surface area (Å²) in [6, 6.07) is 16.8. The number of hydrogen-bond donors (Lipinski definition) is 0. The van der Waals surface area contributed by atoms with E-state index in [0.29, 0.717) is 11.2 Å². The smallest absolute Gasteiger partial charge is 0.279 e. The van der Waals surface area contributed by atoms with Crippen molar-refractivity contribution >= 4 is 28.0 Å². The number of carbonyl (C=O) groups is 1. The van der Waals surface area contributed by atoms with Crippen molar-refractivity contribution in [1.29, 1.82) is 0 Å². The average molecular weight is 424 g/mol. The molecule has 30 heavy (non-hydrogen) atoms. The van der Waals surface area contributed by atoms with Gasteiger partial charge in [-0.3, -0.25) is 9.69 Å². The second-order valence-electron chi connectivity index (χ2n) is 7.90. The quantitative estimate of drug-likeness (QED) is 0.438. The van der Waals surface area contributed by atoms with E-state index < -0.39 is 0 Å². The van der Waals surface area contributed by atoms with Crippen LogP contribution in [0.25, 0.3) is 10.2 Å². The third-order valence-corrected chi connectivity index (χ3v) is 6.65. The zero-order valence-corrected chi connectivity index (χ0v) is 18.3. The normalized spacial score (nSPS) is 15.4. The third kappa shape index (κ3) is 5.18. The number of hydrogen-bond acceptors (Lipinski definition) is 5. The Balaban J connectivity index is 1.28. The maximum atomic E-state index is 11.4. The van der Waals surface area contributed by atoms with Gasteiger partial charge in [-0.1, -0.05) is 48.9 Å². The van der Waals surface area contributed by atoms with Crippen LogP contribution in [0.15, 0.2) is 48.5 Å². The van der Waals surface area contributed by atoms with Crippen LogP contribution in [0.1, 0.15) is 38.2 Å². The van der Waals surface area contributed by atoms with Crippen LogP contribution in [0, 0.1) is 0 Å². The fraction of sp³-hybridized carbons (Fsp3) is 0.417. The Morgan fingerprint density at radius 2 is 1.93 bits per heavy atom. The van der Waals surface area contributed by atoms with Crippen LogP contribution in [-0.2, 0) is 11.3 Å². The lowest BCUT2D eigenvalue weighted by Crippen LogP contribution is -2.44. The van der Waals surface area contributed by atoms with Crippen molar-refractivity contribution in [3.8, 4) is 10.9 Å². The van der Waals surface area contributed by atoms with E-state index in [0.717, 1.165) is 74.2 Å². The molecule has 0 atom stereocenters. The van der Waals surface area contributed by atoms with Crippen molar-refractivity contribution in [2.24, 2.45) is 0 Å². The molecule has 2 aromatic carbocycles. The summed E-state index contributed by atoms with van der Waals surface area (Å²) in [7, 11) is 0. The number of benzene rings is 2. The van der Waals surface area contributed by atoms with E-state index in [9.17, 15) is 4.79 Å². The molecule has 1 aliphatic heterocycles. The molecule has 4 rings (SSSR count). The van der Waals surface area contributed by atoms with Gasteiger partial charge in [0.15, 0.2) is 0 Å². The number of rotatable bonds is 9. The topological polar surface area (TPSA) is 45.7 Å². The summed E-state index contributed by atoms with van der Waals surface area (Å²) in [6.45, 7) is 6.06. The highest BCUT2D eigenvalue weighted by atomic mass is 32.1. The Morgan fingerprint density at radius 1 is 1.17 bits per heavy atom. The lowest BCUT2D eigenvalue weighted by molar-refractivity contribution is -0.121. The van der Waals surface area contributed by atoms with Crippen LogP contribution in [-0.4, -0.2) is 46.9 Å². The summed E-state index contributed by atoms with van der Waals surface area (Å²) in [5.41, 5.74) is 2.25. The predicted octanol–water partition coefficient (Wildman–Crippen LogP) is 5.31. The summed E-state index contributed by atoms with van der Waals surface area (Å²) in [4.78, 5) is 20.4. The molecule has 1 aromatic heterocycles. The molecular weight excluding hydrogens is 394 g/mol. The summed E-state index contributed by atoms with van der Waals surface area (Å²) in [5, 5.41) is 0.675. The molecule has 1 saturated heterocycles. The number of likely N-dealkylation sites (tertiary alicyclic amines) is 1. The molecule has 0 radical (unpaired) electrons. The van der Waals surface area contributed by atoms with Crippen molar-refractivity contribution in [3.63, 3.8) is 0 Å². The zero-order valence-electron chi connectivity index (χ0n) is 17.5. The number of nitrogens with zero attached hydrogens (tertiary/aromatic N) is 3. The highest BCUT2D eigenvalue weighted by Crippen LogP contribution is 2.31. The van der Waals surface area contributed by atoms with Crippen molar-refractivity contribution in [2.45, 2.75) is 45.2 Å². The van der Waals surface area contributed by atoms with Gasteiger partial charge in [0, 0.05) is 32.2 Å². The number of piperidine rings is 1. The lowest BCUT2D eigenvalue weighted by atomic mass is 10.0. The van der Waals surface area contributed by atoms with Gasteiger partial charge in [-0.2, -0.15) is 0 Å². The van der Waals surface area contributed by atoms with Crippen molar-refractivity contribution in [1.82, 2.24) is 14.8 Å². The number of thiazole rings is 1. The number of ether oxygens (including phenoxy) is 1. The Hall–Kier alpha value is -2.44. The molecule has 0 N–H and O–H groups in total. The Bertz CT molecular complexity index is 915. The van der Waals surface area contributed by atoms with Gasteiger partial charge in [-0.25, -0.2) is 4.98 Å². The molecule has 158 valence electrons. The summed E-state index contributed by atoms with van der Waals surface area (Å²) in [5.74, 6) is 0.814. The van der Waals surface area contributed by atoms with Gasteiger partial charge in [0.25, 0.3) is 5.19 Å². The first-order chi connectivity index (χ1) is 14.7. The Morgan fingerprint density at radius 3 is 2.63 bits per heavy atom. The number of fused-ring (bicyclic) bond motifs is 1. The zero-order chi connectivity index (χ0) is 20.8. The molecule has 0 aliphatic carbocycles. The standard InChI is InChI=1S/C24H29N3O2S/c1-2-3-14-27(18-28)20-12-15-26(16-13-20)17-19-8-10-21(11-9-19)29-24-25-22-6-4-5-7-23(22)30-24/h4-11,18,20H,2-3,12-17H2,1H3. The van der Waals surface area contributed by atoms with Crippen LogP contribution in [0.4, 0.5) is 0 Å². The molecule has 2 heterocycles. The van der Waals surface area contributed by atoms with Crippen molar-refractivity contribution in [2.75, 3.05) is 19.6 Å². The molecule has 1 amide bonds. The van der Waals surface area contributed by atoms with Crippen molar-refractivity contribution in [3.05, 3.63) is 54.1 Å². The first-order valence-electron chi connectivity index (χ1n) is 10.8. The fourth-order valence-electron chi connectivity index (χ4n) is 3.99. The van der Waals surface area contributed by atoms with Crippen LogP contribution in [0.3, 0.4) is 0 Å². The highest BCUT2D eigenvalue weighted by Gasteiger charge is 2.23. The van der Waals surface area contributed by atoms with Gasteiger partial charge in [0.2, 0.25) is 6.41 Å². The summed E-state index contributed by atoms with van der Waals surface area (Å²) < 4.78 is 7.08. The van der Waals surface area contributed by atoms with Crippen LogP contribution in [0.2, 0.25) is 0 Å². The predicted molar refractivity (Wildman–Crippen MR) is 122 cm³/mol. The van der Waals surface area contributed by atoms with Crippen LogP contribution in [0.5, 0.6) is 10.9 Å². The van der Waals surface area contributed by atoms with Gasteiger partial charge < -0.3 is 9.64 Å². The maximum absolute atomic E-state index is 11.4. The van der Waals surface area contributed by atoms with Gasteiger partial charge in [0.1, 0.15) is 5.75 Å². The number of amides is 1. The number of carbonyl (C=O) groups excluding carboxylic acids is 1. The Kier molecular flexibility index (Phi) is 6.97. The minimum absolute atomic E-state index is 0.398. The van der Waals surface area contributed by atoms with Gasteiger partial charge in [0.05, 0.1) is 10.2 Å². The van der Waals surface area contributed by atoms with Crippen molar-refractivity contribution < 1.29 is 9.53 Å². The second-order valence-corrected chi connectivity index (χ2v) is 8.89. The average Bonchev–Trinajstić information content (AvgIpc) is 3.19. The molecule has 1 fully saturated rings. The molecule has 5 nitrogen and oxygen atoms in total. The first kappa shape index (κ1) is 20.8. The van der Waals surface area contributed by atoms with E-state index in [2.05, 4.69) is 35.0 Å². The second kappa shape index (κ2) is 10.0. The minimum Gasteiger partial charge on any atom is -0.431 e. The van der Waals surface area contributed by atoms with Gasteiger partial charge in [-0.05, 0) is 49.1 Å². The number of para-hydroxylation sites is 1.